The van der Waals surface area contributed by atoms with Crippen LogP contribution in [0, 0.1) is 19.7 Å². The maximum atomic E-state index is 13.2. The number of nitrogens with one attached hydrogen (secondary N) is 2. The molecule has 0 bridgehead atoms. The highest BCUT2D eigenvalue weighted by Gasteiger charge is 2.27. The van der Waals surface area contributed by atoms with Crippen molar-refractivity contribution in [2.24, 2.45) is 0 Å². The Morgan fingerprint density at radius 2 is 1.65 bits per heavy atom. The number of rotatable bonds is 10. The molecule has 1 aromatic heterocycles. The molecule has 13 heteroatoms. The van der Waals surface area contributed by atoms with Gasteiger partial charge >= 0.3 is 0 Å². The van der Waals surface area contributed by atoms with Gasteiger partial charge in [0.05, 0.1) is 22.9 Å². The van der Waals surface area contributed by atoms with Gasteiger partial charge in [-0.05, 0) is 92.4 Å². The van der Waals surface area contributed by atoms with Gasteiger partial charge in [0.15, 0.2) is 11.0 Å². The van der Waals surface area contributed by atoms with Gasteiger partial charge in [-0.25, -0.2) is 12.8 Å². The van der Waals surface area contributed by atoms with Gasteiger partial charge < -0.3 is 10.6 Å². The van der Waals surface area contributed by atoms with Crippen molar-refractivity contribution < 1.29 is 22.4 Å². The van der Waals surface area contributed by atoms with Crippen LogP contribution in [-0.2, 0) is 21.4 Å². The summed E-state index contributed by atoms with van der Waals surface area (Å²) < 4.78 is 42.1. The second-order valence-electron chi connectivity index (χ2n) is 10.2. The van der Waals surface area contributed by atoms with Gasteiger partial charge in [0.25, 0.3) is 5.91 Å². The predicted molar refractivity (Wildman–Crippen MR) is 162 cm³/mol. The van der Waals surface area contributed by atoms with Crippen LogP contribution in [0.1, 0.15) is 40.2 Å². The molecule has 0 unspecified atom stereocenters. The summed E-state index contributed by atoms with van der Waals surface area (Å²) >= 11 is 1.18. The van der Waals surface area contributed by atoms with Crippen molar-refractivity contribution in [2.75, 3.05) is 24.2 Å². The first kappa shape index (κ1) is 30.4. The number of hydrogen-bond donors (Lipinski definition) is 2. The first-order chi connectivity index (χ1) is 20.6. The fourth-order valence-electron chi connectivity index (χ4n) is 4.69. The number of benzene rings is 3. The van der Waals surface area contributed by atoms with Crippen LogP contribution < -0.4 is 10.6 Å². The van der Waals surface area contributed by atoms with Gasteiger partial charge in [0, 0.05) is 24.3 Å². The molecule has 1 saturated heterocycles. The van der Waals surface area contributed by atoms with Crippen LogP contribution in [0.25, 0.3) is 5.69 Å². The Kier molecular flexibility index (Phi) is 9.23. The van der Waals surface area contributed by atoms with Crippen LogP contribution in [0.3, 0.4) is 0 Å². The average molecular weight is 623 g/mol. The Labute approximate surface area is 253 Å². The molecule has 0 spiro atoms. The number of aromatic nitrogens is 3. The number of hydrogen-bond acceptors (Lipinski definition) is 7. The quantitative estimate of drug-likeness (QED) is 0.250. The van der Waals surface area contributed by atoms with E-state index in [4.69, 9.17) is 0 Å². The number of aryl methyl sites for hydroxylation is 2. The topological polar surface area (TPSA) is 126 Å². The summed E-state index contributed by atoms with van der Waals surface area (Å²) in [4.78, 5) is 25.8. The summed E-state index contributed by atoms with van der Waals surface area (Å²) in [5.74, 6) is -0.599. The van der Waals surface area contributed by atoms with Crippen LogP contribution in [0.4, 0.5) is 10.1 Å². The van der Waals surface area contributed by atoms with Crippen LogP contribution in [0.15, 0.2) is 76.8 Å². The molecule has 0 aliphatic carbocycles. The molecule has 1 aliphatic heterocycles. The summed E-state index contributed by atoms with van der Waals surface area (Å²) in [7, 11) is -3.57. The Bertz CT molecular complexity index is 1740. The Hall–Kier alpha value is -4.07. The molecule has 3 aromatic carbocycles. The number of sulfonamides is 1. The van der Waals surface area contributed by atoms with Crippen molar-refractivity contribution in [1.29, 1.82) is 0 Å². The molecule has 1 fully saturated rings. The Morgan fingerprint density at radius 1 is 0.953 bits per heavy atom. The van der Waals surface area contributed by atoms with Gasteiger partial charge in [0.1, 0.15) is 5.82 Å². The minimum Gasteiger partial charge on any atom is -0.345 e. The number of anilines is 1. The molecule has 43 heavy (non-hydrogen) atoms. The lowest BCUT2D eigenvalue weighted by molar-refractivity contribution is -0.113. The first-order valence-corrected chi connectivity index (χ1v) is 16.1. The van der Waals surface area contributed by atoms with E-state index < -0.39 is 21.7 Å². The third-order valence-corrected chi connectivity index (χ3v) is 9.83. The maximum Gasteiger partial charge on any atom is 0.251 e. The van der Waals surface area contributed by atoms with Crippen LogP contribution in [0.5, 0.6) is 0 Å². The van der Waals surface area contributed by atoms with Gasteiger partial charge in [-0.1, -0.05) is 23.9 Å². The lowest BCUT2D eigenvalue weighted by Gasteiger charge is -2.16. The van der Waals surface area contributed by atoms with Crippen molar-refractivity contribution in [2.45, 2.75) is 43.3 Å². The summed E-state index contributed by atoms with van der Waals surface area (Å²) in [6, 6.07) is 17.3. The van der Waals surface area contributed by atoms with Crippen LogP contribution in [-0.4, -0.2) is 58.1 Å². The lowest BCUT2D eigenvalue weighted by Crippen LogP contribution is -2.28. The highest BCUT2D eigenvalue weighted by atomic mass is 32.2. The maximum absolute atomic E-state index is 13.2. The second-order valence-corrected chi connectivity index (χ2v) is 13.1. The molecule has 0 saturated carbocycles. The zero-order chi connectivity index (χ0) is 30.6. The lowest BCUT2D eigenvalue weighted by atomic mass is 10.1. The molecular weight excluding hydrogens is 592 g/mol. The number of amides is 2. The van der Waals surface area contributed by atoms with Gasteiger partial charge in [-0.15, -0.1) is 10.2 Å². The summed E-state index contributed by atoms with van der Waals surface area (Å²) in [5.41, 5.74) is 3.56. The predicted octanol–water partition coefficient (Wildman–Crippen LogP) is 4.47. The molecule has 2 heterocycles. The minimum atomic E-state index is -3.57. The summed E-state index contributed by atoms with van der Waals surface area (Å²) in [5, 5.41) is 14.7. The smallest absolute Gasteiger partial charge is 0.251 e. The summed E-state index contributed by atoms with van der Waals surface area (Å²) in [6.07, 6.45) is 1.69. The van der Waals surface area contributed by atoms with Gasteiger partial charge in [-0.2, -0.15) is 4.31 Å². The molecule has 10 nitrogen and oxygen atoms in total. The number of thioether (sulfide) groups is 1. The number of carbonyl (C=O) groups excluding carboxylic acids is 2. The SMILES string of the molecule is Cc1ccc(C)c(-n2c(CNC(=O)c3ccc(S(=O)(=O)N4CCCC4)cc3)nnc2SCC(=O)Nc2ccc(F)cc2)c1. The third-order valence-electron chi connectivity index (χ3n) is 6.99. The standard InChI is InChI=1S/C30H31FN6O4S2/c1-20-5-6-21(2)26(17-20)37-27(34-35-30(37)42-19-28(38)33-24-11-9-23(31)10-12-24)18-32-29(39)22-7-13-25(14-8-22)43(40,41)36-15-3-4-16-36/h5-14,17H,3-4,15-16,18-19H2,1-2H3,(H,32,39)(H,33,38). The van der Waals surface area contributed by atoms with Crippen LogP contribution in [0.2, 0.25) is 0 Å². The molecule has 2 amide bonds. The van der Waals surface area contributed by atoms with Crippen molar-refractivity contribution in [3.8, 4) is 5.69 Å². The minimum absolute atomic E-state index is 0.0272. The molecule has 224 valence electrons. The molecule has 5 rings (SSSR count). The molecule has 2 N–H and O–H groups in total. The number of carbonyl (C=O) groups is 2. The largest absolute Gasteiger partial charge is 0.345 e. The molecule has 0 atom stereocenters. The van der Waals surface area contributed by atoms with E-state index in [0.717, 1.165) is 29.7 Å². The van der Waals surface area contributed by atoms with Crippen molar-refractivity contribution in [3.05, 3.63) is 95.1 Å². The number of halogens is 1. The number of nitrogens with zero attached hydrogens (tertiary/aromatic N) is 4. The molecule has 4 aromatic rings. The highest BCUT2D eigenvalue weighted by Crippen LogP contribution is 2.26. The van der Waals surface area contributed by atoms with E-state index in [-0.39, 0.29) is 23.1 Å². The molecule has 1 aliphatic rings. The molecular formula is C30H31FN6O4S2. The van der Waals surface area contributed by atoms with Crippen molar-refractivity contribution in [3.63, 3.8) is 0 Å². The Morgan fingerprint density at radius 3 is 2.35 bits per heavy atom. The van der Waals surface area contributed by atoms with Gasteiger partial charge in [0.2, 0.25) is 15.9 Å². The van der Waals surface area contributed by atoms with Gasteiger partial charge in [-0.3, -0.25) is 14.2 Å². The average Bonchev–Trinajstić information content (AvgIpc) is 3.68. The normalized spacial score (nSPS) is 13.7. The van der Waals surface area contributed by atoms with E-state index in [1.165, 1.54) is 64.6 Å². The fraction of sp³-hybridized carbons (Fsp3) is 0.267. The van der Waals surface area contributed by atoms with E-state index in [1.54, 1.807) is 0 Å². The zero-order valence-electron chi connectivity index (χ0n) is 23.7. The van der Waals surface area contributed by atoms with Crippen molar-refractivity contribution in [1.82, 2.24) is 24.4 Å². The van der Waals surface area contributed by atoms with E-state index in [2.05, 4.69) is 20.8 Å². The Balaban J connectivity index is 1.31. The van der Waals surface area contributed by atoms with E-state index in [9.17, 15) is 22.4 Å². The monoisotopic (exact) mass is 622 g/mol. The van der Waals surface area contributed by atoms with E-state index >= 15 is 0 Å². The molecule has 0 radical (unpaired) electrons. The van der Waals surface area contributed by atoms with E-state index in [1.807, 2.05) is 36.6 Å². The second kappa shape index (κ2) is 13.1. The summed E-state index contributed by atoms with van der Waals surface area (Å²) in [6.45, 7) is 4.96. The van der Waals surface area contributed by atoms with Crippen molar-refractivity contribution >= 4 is 39.3 Å². The van der Waals surface area contributed by atoms with E-state index in [0.29, 0.717) is 35.3 Å². The zero-order valence-corrected chi connectivity index (χ0v) is 25.3. The third kappa shape index (κ3) is 7.12. The highest BCUT2D eigenvalue weighted by molar-refractivity contribution is 7.99. The fourth-order valence-corrected chi connectivity index (χ4v) is 6.97. The van der Waals surface area contributed by atoms with Crippen LogP contribution >= 0.6 is 11.8 Å². The first-order valence-electron chi connectivity index (χ1n) is 13.7.